The average molecular weight is 343 g/mol. The van der Waals surface area contributed by atoms with Crippen molar-refractivity contribution in [3.63, 3.8) is 0 Å². The number of nitrogens with one attached hydrogen (secondary N) is 1. The van der Waals surface area contributed by atoms with Crippen molar-refractivity contribution >= 4 is 22.8 Å². The predicted octanol–water partition coefficient (Wildman–Crippen LogP) is 2.28. The van der Waals surface area contributed by atoms with E-state index in [1.165, 1.54) is 6.33 Å². The van der Waals surface area contributed by atoms with Gasteiger partial charge in [-0.15, -0.1) is 0 Å². The number of piperidine rings is 1. The van der Waals surface area contributed by atoms with Gasteiger partial charge in [-0.25, -0.2) is 4.98 Å². The van der Waals surface area contributed by atoms with E-state index >= 15 is 0 Å². The molecule has 1 fully saturated rings. The van der Waals surface area contributed by atoms with E-state index in [2.05, 4.69) is 20.4 Å². The summed E-state index contributed by atoms with van der Waals surface area (Å²) < 4.78 is 44.3. The molecule has 1 saturated heterocycles. The quantitative estimate of drug-likeness (QED) is 0.901. The third-order valence-corrected chi connectivity index (χ3v) is 4.15. The standard InChI is InChI=1S/C14H16F3N5O2/c1-7-11-12(18-6-19-13(11)24-21-7)20-9-3-4-10(14(15,16)17)22(5-9)8(2)23/h6,9-10H,3-5H2,1-2H3,(H,18,19,20). The van der Waals surface area contributed by atoms with Crippen LogP contribution in [-0.2, 0) is 4.79 Å². The number of hydrogen-bond acceptors (Lipinski definition) is 6. The monoisotopic (exact) mass is 343 g/mol. The Morgan fingerprint density at radius 3 is 2.79 bits per heavy atom. The highest BCUT2D eigenvalue weighted by molar-refractivity contribution is 5.87. The minimum absolute atomic E-state index is 0.0463. The first-order valence-electron chi connectivity index (χ1n) is 7.45. The summed E-state index contributed by atoms with van der Waals surface area (Å²) in [5, 5.41) is 7.49. The number of aryl methyl sites for hydroxylation is 1. The first-order chi connectivity index (χ1) is 11.3. The molecule has 2 atom stereocenters. The van der Waals surface area contributed by atoms with Crippen LogP contribution >= 0.6 is 0 Å². The summed E-state index contributed by atoms with van der Waals surface area (Å²) in [6.45, 7) is 2.83. The lowest BCUT2D eigenvalue weighted by atomic mass is 9.97. The minimum atomic E-state index is -4.43. The van der Waals surface area contributed by atoms with E-state index < -0.39 is 18.1 Å². The molecule has 0 aliphatic carbocycles. The van der Waals surface area contributed by atoms with E-state index in [4.69, 9.17) is 4.52 Å². The van der Waals surface area contributed by atoms with E-state index in [0.29, 0.717) is 22.6 Å². The van der Waals surface area contributed by atoms with Gasteiger partial charge >= 0.3 is 6.18 Å². The summed E-state index contributed by atoms with van der Waals surface area (Å²) in [4.78, 5) is 20.6. The van der Waals surface area contributed by atoms with Gasteiger partial charge in [0.1, 0.15) is 23.6 Å². The SMILES string of the molecule is CC(=O)N1CC(Nc2ncnc3onc(C)c23)CCC1C(F)(F)F. The van der Waals surface area contributed by atoms with Crippen LogP contribution in [0.15, 0.2) is 10.9 Å². The Bertz CT molecular complexity index is 760. The number of rotatable bonds is 2. The van der Waals surface area contributed by atoms with Gasteiger partial charge in [-0.05, 0) is 19.8 Å². The molecule has 2 unspecified atom stereocenters. The van der Waals surface area contributed by atoms with Crippen LogP contribution in [-0.4, -0.2) is 50.7 Å². The predicted molar refractivity (Wildman–Crippen MR) is 78.2 cm³/mol. The fraction of sp³-hybridized carbons (Fsp3) is 0.571. The summed E-state index contributed by atoms with van der Waals surface area (Å²) in [7, 11) is 0. The van der Waals surface area contributed by atoms with E-state index in [1.54, 1.807) is 6.92 Å². The molecule has 2 aromatic rings. The number of anilines is 1. The number of aromatic nitrogens is 3. The zero-order valence-corrected chi connectivity index (χ0v) is 13.1. The Morgan fingerprint density at radius 1 is 1.38 bits per heavy atom. The molecule has 130 valence electrons. The lowest BCUT2D eigenvalue weighted by Crippen LogP contribution is -2.55. The smallest absolute Gasteiger partial charge is 0.365 e. The molecule has 0 bridgehead atoms. The molecular formula is C14H16F3N5O2. The van der Waals surface area contributed by atoms with Crippen molar-refractivity contribution in [2.45, 2.75) is 44.9 Å². The zero-order valence-electron chi connectivity index (χ0n) is 13.1. The Labute approximate surface area is 135 Å². The van der Waals surface area contributed by atoms with Crippen molar-refractivity contribution in [1.29, 1.82) is 0 Å². The molecule has 1 amide bonds. The van der Waals surface area contributed by atoms with Gasteiger partial charge in [0.25, 0.3) is 5.71 Å². The van der Waals surface area contributed by atoms with Crippen LogP contribution in [0.3, 0.4) is 0 Å². The lowest BCUT2D eigenvalue weighted by molar-refractivity contribution is -0.195. The Kier molecular flexibility index (Phi) is 4.06. The molecule has 1 N–H and O–H groups in total. The van der Waals surface area contributed by atoms with Crippen LogP contribution in [0.25, 0.3) is 11.1 Å². The third kappa shape index (κ3) is 3.00. The second-order valence-electron chi connectivity index (χ2n) is 5.82. The number of fused-ring (bicyclic) bond motifs is 1. The summed E-state index contributed by atoms with van der Waals surface area (Å²) >= 11 is 0. The number of likely N-dealkylation sites (tertiary alicyclic amines) is 1. The number of nitrogens with zero attached hydrogens (tertiary/aromatic N) is 4. The van der Waals surface area contributed by atoms with Crippen LogP contribution in [0, 0.1) is 6.92 Å². The number of carbonyl (C=O) groups is 1. The molecular weight excluding hydrogens is 327 g/mol. The second kappa shape index (κ2) is 5.91. The molecule has 2 aromatic heterocycles. The molecule has 0 saturated carbocycles. The van der Waals surface area contributed by atoms with Gasteiger partial charge in [0.05, 0.1) is 5.69 Å². The van der Waals surface area contributed by atoms with Crippen molar-refractivity contribution in [3.8, 4) is 0 Å². The summed E-state index contributed by atoms with van der Waals surface area (Å²) in [5.74, 6) is -0.157. The second-order valence-corrected chi connectivity index (χ2v) is 5.82. The van der Waals surface area contributed by atoms with Crippen LogP contribution < -0.4 is 5.32 Å². The maximum absolute atomic E-state index is 13.1. The summed E-state index contributed by atoms with van der Waals surface area (Å²) in [6, 6.07) is -2.09. The zero-order chi connectivity index (χ0) is 17.5. The molecule has 1 aliphatic rings. The fourth-order valence-corrected chi connectivity index (χ4v) is 3.00. The number of hydrogen-bond donors (Lipinski definition) is 1. The molecule has 10 heteroatoms. The maximum atomic E-state index is 13.1. The Hall–Kier alpha value is -2.39. The van der Waals surface area contributed by atoms with E-state index in [0.717, 1.165) is 11.8 Å². The molecule has 7 nitrogen and oxygen atoms in total. The Morgan fingerprint density at radius 2 is 2.12 bits per heavy atom. The van der Waals surface area contributed by atoms with Gasteiger partial charge in [0.2, 0.25) is 5.91 Å². The largest absolute Gasteiger partial charge is 0.408 e. The summed E-state index contributed by atoms with van der Waals surface area (Å²) in [6.07, 6.45) is -3.02. The Balaban J connectivity index is 1.81. The molecule has 0 radical (unpaired) electrons. The fourth-order valence-electron chi connectivity index (χ4n) is 3.00. The first-order valence-corrected chi connectivity index (χ1v) is 7.45. The number of amides is 1. The van der Waals surface area contributed by atoms with Gasteiger partial charge in [-0.3, -0.25) is 4.79 Å². The maximum Gasteiger partial charge on any atom is 0.408 e. The molecule has 3 rings (SSSR count). The van der Waals surface area contributed by atoms with Gasteiger partial charge in [0, 0.05) is 19.5 Å². The third-order valence-electron chi connectivity index (χ3n) is 4.15. The van der Waals surface area contributed by atoms with E-state index in [-0.39, 0.29) is 25.4 Å². The highest BCUT2D eigenvalue weighted by Gasteiger charge is 2.47. The minimum Gasteiger partial charge on any atom is -0.365 e. The number of alkyl halides is 3. The van der Waals surface area contributed by atoms with Crippen LogP contribution in [0.4, 0.5) is 19.0 Å². The van der Waals surface area contributed by atoms with Crippen molar-refractivity contribution < 1.29 is 22.5 Å². The first kappa shape index (κ1) is 16.5. The number of carbonyl (C=O) groups excluding carboxylic acids is 1. The molecule has 0 aromatic carbocycles. The molecule has 1 aliphatic heterocycles. The molecule has 3 heterocycles. The average Bonchev–Trinajstić information content (AvgIpc) is 2.88. The van der Waals surface area contributed by atoms with Crippen molar-refractivity contribution in [1.82, 2.24) is 20.0 Å². The highest BCUT2D eigenvalue weighted by Crippen LogP contribution is 2.33. The van der Waals surface area contributed by atoms with Crippen molar-refractivity contribution in [2.75, 3.05) is 11.9 Å². The molecule has 24 heavy (non-hydrogen) atoms. The summed E-state index contributed by atoms with van der Waals surface area (Å²) in [5.41, 5.74) is 0.887. The normalized spacial score (nSPS) is 22.0. The van der Waals surface area contributed by atoms with Gasteiger partial charge in [-0.2, -0.15) is 18.2 Å². The topological polar surface area (TPSA) is 84.2 Å². The lowest BCUT2D eigenvalue weighted by Gasteiger charge is -2.40. The highest BCUT2D eigenvalue weighted by atomic mass is 19.4. The van der Waals surface area contributed by atoms with Crippen LogP contribution in [0.1, 0.15) is 25.5 Å². The van der Waals surface area contributed by atoms with Crippen molar-refractivity contribution in [3.05, 3.63) is 12.0 Å². The van der Waals surface area contributed by atoms with Gasteiger partial charge in [-0.1, -0.05) is 5.16 Å². The van der Waals surface area contributed by atoms with E-state index in [9.17, 15) is 18.0 Å². The molecule has 0 spiro atoms. The van der Waals surface area contributed by atoms with Gasteiger partial charge in [0.15, 0.2) is 0 Å². The number of halogens is 3. The van der Waals surface area contributed by atoms with Gasteiger partial charge < -0.3 is 14.7 Å². The van der Waals surface area contributed by atoms with Crippen LogP contribution in [0.5, 0.6) is 0 Å². The van der Waals surface area contributed by atoms with Crippen LogP contribution in [0.2, 0.25) is 0 Å². The van der Waals surface area contributed by atoms with Crippen molar-refractivity contribution in [2.24, 2.45) is 0 Å². The van der Waals surface area contributed by atoms with E-state index in [1.807, 2.05) is 0 Å².